The molecule has 1 saturated heterocycles. The van der Waals surface area contributed by atoms with Crippen molar-refractivity contribution in [1.82, 2.24) is 24.8 Å². The number of hydrogen-bond donors (Lipinski definition) is 1. The molecule has 1 atom stereocenters. The van der Waals surface area contributed by atoms with Crippen molar-refractivity contribution in [2.24, 2.45) is 0 Å². The Morgan fingerprint density at radius 2 is 2.12 bits per heavy atom. The number of amides is 1. The number of anilines is 1. The van der Waals surface area contributed by atoms with Gasteiger partial charge >= 0.3 is 0 Å². The number of nitrogens with zero attached hydrogens (tertiary/aromatic N) is 5. The van der Waals surface area contributed by atoms with E-state index >= 15 is 0 Å². The molecule has 3 rings (SSSR count). The van der Waals surface area contributed by atoms with Gasteiger partial charge < -0.3 is 10.2 Å². The minimum absolute atomic E-state index is 0.0655. The number of rotatable bonds is 3. The van der Waals surface area contributed by atoms with E-state index < -0.39 is 5.54 Å². The van der Waals surface area contributed by atoms with Gasteiger partial charge in [-0.1, -0.05) is 0 Å². The van der Waals surface area contributed by atoms with Crippen LogP contribution in [0.25, 0.3) is 0 Å². The van der Waals surface area contributed by atoms with Gasteiger partial charge in [-0.05, 0) is 33.6 Å². The fourth-order valence-corrected chi connectivity index (χ4v) is 3.20. The summed E-state index contributed by atoms with van der Waals surface area (Å²) >= 11 is 0. The van der Waals surface area contributed by atoms with Gasteiger partial charge in [0.2, 0.25) is 0 Å². The van der Waals surface area contributed by atoms with E-state index in [2.05, 4.69) is 25.3 Å². The largest absolute Gasteiger partial charge is 0.373 e. The Kier molecular flexibility index (Phi) is 4.17. The van der Waals surface area contributed by atoms with Crippen molar-refractivity contribution < 1.29 is 4.79 Å². The lowest BCUT2D eigenvalue weighted by molar-refractivity contribution is 0.0602. The summed E-state index contributed by atoms with van der Waals surface area (Å²) in [6.45, 7) is 6.47. The molecule has 0 spiro atoms. The Balaban J connectivity index is 2.02. The second kappa shape index (κ2) is 6.14. The molecule has 24 heavy (non-hydrogen) atoms. The Hall–Kier alpha value is -2.57. The summed E-state index contributed by atoms with van der Waals surface area (Å²) in [5.74, 6) is 1.37. The van der Waals surface area contributed by atoms with E-state index in [9.17, 15) is 4.79 Å². The van der Waals surface area contributed by atoms with Crippen LogP contribution in [-0.4, -0.2) is 44.3 Å². The first-order valence-corrected chi connectivity index (χ1v) is 8.08. The third-order valence-corrected chi connectivity index (χ3v) is 4.62. The van der Waals surface area contributed by atoms with E-state index in [1.54, 1.807) is 6.20 Å². The highest BCUT2D eigenvalue weighted by molar-refractivity contribution is 5.95. The van der Waals surface area contributed by atoms with Crippen LogP contribution in [0.3, 0.4) is 0 Å². The van der Waals surface area contributed by atoms with Gasteiger partial charge in [0.15, 0.2) is 5.82 Å². The zero-order chi connectivity index (χ0) is 17.3. The van der Waals surface area contributed by atoms with Crippen molar-refractivity contribution in [2.75, 3.05) is 18.9 Å². The van der Waals surface area contributed by atoms with E-state index in [0.29, 0.717) is 23.6 Å². The highest BCUT2D eigenvalue weighted by atomic mass is 16.2. The number of nitrogens with one attached hydrogen (secondary N) is 1. The molecule has 0 aliphatic carbocycles. The van der Waals surface area contributed by atoms with E-state index in [1.165, 1.54) is 6.33 Å². The minimum atomic E-state index is -0.531. The molecule has 126 valence electrons. The van der Waals surface area contributed by atoms with Gasteiger partial charge in [-0.3, -0.25) is 4.79 Å². The summed E-state index contributed by atoms with van der Waals surface area (Å²) in [7, 11) is 1.83. The Morgan fingerprint density at radius 3 is 2.83 bits per heavy atom. The molecule has 1 fully saturated rings. The molecule has 2 aromatic rings. The van der Waals surface area contributed by atoms with Gasteiger partial charge in [-0.25, -0.2) is 19.9 Å². The van der Waals surface area contributed by atoms with Crippen LogP contribution in [0.15, 0.2) is 18.6 Å². The molecule has 1 aliphatic heterocycles. The number of aryl methyl sites for hydroxylation is 2. The zero-order valence-corrected chi connectivity index (χ0v) is 14.5. The molecule has 1 aliphatic rings. The average molecular weight is 326 g/mol. The van der Waals surface area contributed by atoms with E-state index in [1.807, 2.05) is 38.8 Å². The molecule has 1 N–H and O–H groups in total. The summed E-state index contributed by atoms with van der Waals surface area (Å²) < 4.78 is 0. The molecule has 0 bridgehead atoms. The predicted molar refractivity (Wildman–Crippen MR) is 90.7 cm³/mol. The molecule has 0 unspecified atom stereocenters. The first kappa shape index (κ1) is 16.3. The SMILES string of the molecule is CNc1cc(C)nc([C@@]2(C)CCCN2C(=O)c2cncnc2C)n1. The molecule has 3 heterocycles. The summed E-state index contributed by atoms with van der Waals surface area (Å²) in [6, 6.07) is 1.89. The van der Waals surface area contributed by atoms with Crippen LogP contribution >= 0.6 is 0 Å². The third-order valence-electron chi connectivity index (χ3n) is 4.62. The molecular weight excluding hydrogens is 304 g/mol. The quantitative estimate of drug-likeness (QED) is 0.929. The second-order valence-electron chi connectivity index (χ2n) is 6.32. The molecule has 1 amide bonds. The molecule has 7 heteroatoms. The van der Waals surface area contributed by atoms with E-state index in [-0.39, 0.29) is 5.91 Å². The van der Waals surface area contributed by atoms with Crippen LogP contribution in [-0.2, 0) is 5.54 Å². The lowest BCUT2D eigenvalue weighted by Gasteiger charge is -2.34. The minimum Gasteiger partial charge on any atom is -0.373 e. The molecule has 7 nitrogen and oxygen atoms in total. The highest BCUT2D eigenvalue weighted by Gasteiger charge is 2.44. The maximum absolute atomic E-state index is 13.1. The number of aromatic nitrogens is 4. The number of carbonyl (C=O) groups excluding carboxylic acids is 1. The summed E-state index contributed by atoms with van der Waals surface area (Å²) in [6.07, 6.45) is 4.79. The fourth-order valence-electron chi connectivity index (χ4n) is 3.20. The van der Waals surface area contributed by atoms with Crippen molar-refractivity contribution in [2.45, 2.75) is 39.2 Å². The van der Waals surface area contributed by atoms with Crippen LogP contribution in [0.2, 0.25) is 0 Å². The lowest BCUT2D eigenvalue weighted by Crippen LogP contribution is -2.44. The summed E-state index contributed by atoms with van der Waals surface area (Å²) in [5.41, 5.74) is 1.57. The van der Waals surface area contributed by atoms with Crippen LogP contribution in [0.4, 0.5) is 5.82 Å². The molecule has 0 radical (unpaired) electrons. The standard InChI is InChI=1S/C17H22N6O/c1-11-8-14(18-4)22-16(21-11)17(3)6-5-7-23(17)15(24)13-9-19-10-20-12(13)2/h8-10H,5-7H2,1-4H3,(H,18,21,22)/t17-/m1/s1. The molecular formula is C17H22N6O. The van der Waals surface area contributed by atoms with E-state index in [0.717, 1.165) is 24.4 Å². The van der Waals surface area contributed by atoms with Crippen LogP contribution < -0.4 is 5.32 Å². The van der Waals surface area contributed by atoms with Gasteiger partial charge in [0.05, 0.1) is 11.3 Å². The van der Waals surface area contributed by atoms with Crippen molar-refractivity contribution in [1.29, 1.82) is 0 Å². The number of hydrogen-bond acceptors (Lipinski definition) is 6. The van der Waals surface area contributed by atoms with Crippen LogP contribution in [0.1, 0.15) is 47.3 Å². The predicted octanol–water partition coefficient (Wildman–Crippen LogP) is 2.08. The van der Waals surface area contributed by atoms with Gasteiger partial charge in [-0.15, -0.1) is 0 Å². The fraction of sp³-hybridized carbons (Fsp3) is 0.471. The molecule has 2 aromatic heterocycles. The lowest BCUT2D eigenvalue weighted by atomic mass is 9.96. The van der Waals surface area contributed by atoms with Gasteiger partial charge in [0.25, 0.3) is 5.91 Å². The zero-order valence-electron chi connectivity index (χ0n) is 14.5. The monoisotopic (exact) mass is 326 g/mol. The molecule has 0 saturated carbocycles. The van der Waals surface area contributed by atoms with E-state index in [4.69, 9.17) is 0 Å². The highest BCUT2D eigenvalue weighted by Crippen LogP contribution is 2.38. The van der Waals surface area contributed by atoms with Gasteiger partial charge in [-0.2, -0.15) is 0 Å². The van der Waals surface area contributed by atoms with Crippen molar-refractivity contribution in [3.05, 3.63) is 41.4 Å². The topological polar surface area (TPSA) is 83.9 Å². The Morgan fingerprint density at radius 1 is 1.33 bits per heavy atom. The number of carbonyl (C=O) groups is 1. The maximum Gasteiger partial charge on any atom is 0.258 e. The van der Waals surface area contributed by atoms with Crippen LogP contribution in [0.5, 0.6) is 0 Å². The maximum atomic E-state index is 13.1. The second-order valence-corrected chi connectivity index (χ2v) is 6.32. The van der Waals surface area contributed by atoms with Gasteiger partial charge in [0, 0.05) is 31.5 Å². The average Bonchev–Trinajstić information content (AvgIpc) is 2.97. The van der Waals surface area contributed by atoms with Crippen molar-refractivity contribution in [3.63, 3.8) is 0 Å². The first-order chi connectivity index (χ1) is 11.5. The normalized spacial score (nSPS) is 20.2. The summed E-state index contributed by atoms with van der Waals surface area (Å²) in [4.78, 5) is 32.3. The smallest absolute Gasteiger partial charge is 0.258 e. The van der Waals surface area contributed by atoms with Crippen molar-refractivity contribution in [3.8, 4) is 0 Å². The summed E-state index contributed by atoms with van der Waals surface area (Å²) in [5, 5.41) is 3.06. The van der Waals surface area contributed by atoms with Crippen LogP contribution in [0, 0.1) is 13.8 Å². The molecule has 0 aromatic carbocycles. The van der Waals surface area contributed by atoms with Crippen molar-refractivity contribution >= 4 is 11.7 Å². The first-order valence-electron chi connectivity index (χ1n) is 8.08. The third kappa shape index (κ3) is 2.70. The Labute approximate surface area is 141 Å². The number of likely N-dealkylation sites (tertiary alicyclic amines) is 1. The Bertz CT molecular complexity index is 777. The van der Waals surface area contributed by atoms with Gasteiger partial charge in [0.1, 0.15) is 17.7 Å².